The lowest BCUT2D eigenvalue weighted by Crippen LogP contribution is -1.81. The molecule has 0 heteroatoms. The molecule has 0 nitrogen and oxygen atoms in total. The van der Waals surface area contributed by atoms with E-state index in [2.05, 4.69) is 35.8 Å². The molecular formula is C24H16. The summed E-state index contributed by atoms with van der Waals surface area (Å²) in [5, 5.41) is 0. The SMILES string of the molecule is C(#Cc1ccccc1)C=C(C#Cc1ccccc1)c1ccccc1. The van der Waals surface area contributed by atoms with Crippen LogP contribution in [-0.2, 0) is 0 Å². The molecule has 112 valence electrons. The second-order valence-corrected chi connectivity index (χ2v) is 5.18. The summed E-state index contributed by atoms with van der Waals surface area (Å²) >= 11 is 0. The number of hydrogen-bond acceptors (Lipinski definition) is 0. The Morgan fingerprint density at radius 3 is 1.67 bits per heavy atom. The quantitative estimate of drug-likeness (QED) is 0.544. The molecule has 0 N–H and O–H groups in total. The van der Waals surface area contributed by atoms with Crippen molar-refractivity contribution >= 4 is 5.57 Å². The Morgan fingerprint density at radius 1 is 0.583 bits per heavy atom. The van der Waals surface area contributed by atoms with Crippen molar-refractivity contribution in [2.45, 2.75) is 0 Å². The van der Waals surface area contributed by atoms with E-state index in [-0.39, 0.29) is 0 Å². The van der Waals surface area contributed by atoms with Crippen molar-refractivity contribution in [1.29, 1.82) is 0 Å². The van der Waals surface area contributed by atoms with Gasteiger partial charge in [0, 0.05) is 22.8 Å². The van der Waals surface area contributed by atoms with Crippen LogP contribution in [0.5, 0.6) is 0 Å². The van der Waals surface area contributed by atoms with E-state index in [9.17, 15) is 0 Å². The maximum atomic E-state index is 3.25. The molecule has 0 amide bonds. The third kappa shape index (κ3) is 4.51. The van der Waals surface area contributed by atoms with Crippen LogP contribution in [0.25, 0.3) is 5.57 Å². The van der Waals surface area contributed by atoms with Gasteiger partial charge in [-0.1, -0.05) is 90.4 Å². The van der Waals surface area contributed by atoms with Crippen molar-refractivity contribution in [2.75, 3.05) is 0 Å². The van der Waals surface area contributed by atoms with Crippen molar-refractivity contribution in [3.8, 4) is 23.7 Å². The maximum absolute atomic E-state index is 3.25. The molecule has 0 saturated carbocycles. The molecule has 3 aromatic rings. The van der Waals surface area contributed by atoms with Crippen LogP contribution < -0.4 is 0 Å². The van der Waals surface area contributed by atoms with E-state index in [1.165, 1.54) is 0 Å². The van der Waals surface area contributed by atoms with Gasteiger partial charge in [0.2, 0.25) is 0 Å². The van der Waals surface area contributed by atoms with Gasteiger partial charge in [-0.2, -0.15) is 0 Å². The van der Waals surface area contributed by atoms with E-state index < -0.39 is 0 Å². The molecular weight excluding hydrogens is 288 g/mol. The molecule has 0 fully saturated rings. The van der Waals surface area contributed by atoms with Crippen LogP contribution in [0.3, 0.4) is 0 Å². The van der Waals surface area contributed by atoms with Gasteiger partial charge in [0.25, 0.3) is 0 Å². The van der Waals surface area contributed by atoms with Gasteiger partial charge in [-0.05, 0) is 29.8 Å². The number of hydrogen-bond donors (Lipinski definition) is 0. The first-order valence-electron chi connectivity index (χ1n) is 7.81. The summed E-state index contributed by atoms with van der Waals surface area (Å²) in [5.41, 5.74) is 3.98. The molecule has 3 aromatic carbocycles. The minimum atomic E-state index is 0.919. The molecule has 0 aromatic heterocycles. The number of benzene rings is 3. The van der Waals surface area contributed by atoms with E-state index >= 15 is 0 Å². The van der Waals surface area contributed by atoms with Gasteiger partial charge in [-0.15, -0.1) is 0 Å². The number of rotatable bonds is 1. The molecule has 0 aliphatic heterocycles. The van der Waals surface area contributed by atoms with Crippen LogP contribution in [0, 0.1) is 23.7 Å². The molecule has 0 spiro atoms. The van der Waals surface area contributed by atoms with Crippen LogP contribution in [0.4, 0.5) is 0 Å². The average molecular weight is 304 g/mol. The second-order valence-electron chi connectivity index (χ2n) is 5.18. The van der Waals surface area contributed by atoms with E-state index in [0.717, 1.165) is 22.3 Å². The van der Waals surface area contributed by atoms with Crippen LogP contribution in [0.1, 0.15) is 16.7 Å². The topological polar surface area (TPSA) is 0 Å². The van der Waals surface area contributed by atoms with E-state index in [1.54, 1.807) is 0 Å². The maximum Gasteiger partial charge on any atom is 0.0405 e. The first-order valence-corrected chi connectivity index (χ1v) is 7.81. The van der Waals surface area contributed by atoms with Crippen molar-refractivity contribution in [1.82, 2.24) is 0 Å². The predicted octanol–water partition coefficient (Wildman–Crippen LogP) is 5.17. The molecule has 0 aliphatic carbocycles. The van der Waals surface area contributed by atoms with E-state index in [4.69, 9.17) is 0 Å². The zero-order valence-electron chi connectivity index (χ0n) is 13.2. The van der Waals surface area contributed by atoms with Crippen molar-refractivity contribution in [3.05, 3.63) is 114 Å². The smallest absolute Gasteiger partial charge is 0.0405 e. The fraction of sp³-hybridized carbons (Fsp3) is 0. The average Bonchev–Trinajstić information content (AvgIpc) is 2.67. The Bertz CT molecular complexity index is 926. The molecule has 3 rings (SSSR count). The third-order valence-electron chi connectivity index (χ3n) is 3.41. The summed E-state index contributed by atoms with van der Waals surface area (Å²) < 4.78 is 0. The first kappa shape index (κ1) is 15.4. The molecule has 0 aliphatic rings. The molecule has 24 heavy (non-hydrogen) atoms. The second kappa shape index (κ2) is 8.23. The van der Waals surface area contributed by atoms with Gasteiger partial charge in [-0.25, -0.2) is 0 Å². The Hall–Kier alpha value is -3.48. The summed E-state index contributed by atoms with van der Waals surface area (Å²) in [7, 11) is 0. The van der Waals surface area contributed by atoms with Crippen molar-refractivity contribution in [2.24, 2.45) is 0 Å². The van der Waals surface area contributed by atoms with Crippen molar-refractivity contribution < 1.29 is 0 Å². The number of allylic oxidation sites excluding steroid dienone is 2. The summed E-state index contributed by atoms with van der Waals surface area (Å²) in [6.45, 7) is 0. The van der Waals surface area contributed by atoms with Gasteiger partial charge in [0.05, 0.1) is 0 Å². The van der Waals surface area contributed by atoms with Crippen molar-refractivity contribution in [3.63, 3.8) is 0 Å². The summed E-state index contributed by atoms with van der Waals surface area (Å²) in [5.74, 6) is 12.7. The normalized spacial score (nSPS) is 10.1. The summed E-state index contributed by atoms with van der Waals surface area (Å²) in [4.78, 5) is 0. The fourth-order valence-corrected chi connectivity index (χ4v) is 2.18. The van der Waals surface area contributed by atoms with E-state index in [0.29, 0.717) is 0 Å². The lowest BCUT2D eigenvalue weighted by atomic mass is 10.1. The lowest BCUT2D eigenvalue weighted by Gasteiger charge is -1.97. The fourth-order valence-electron chi connectivity index (χ4n) is 2.18. The van der Waals surface area contributed by atoms with Gasteiger partial charge < -0.3 is 0 Å². The van der Waals surface area contributed by atoms with Crippen LogP contribution >= 0.6 is 0 Å². The molecule has 0 heterocycles. The highest BCUT2D eigenvalue weighted by molar-refractivity contribution is 5.81. The first-order chi connectivity index (χ1) is 11.9. The zero-order valence-corrected chi connectivity index (χ0v) is 13.2. The molecule has 0 saturated heterocycles. The lowest BCUT2D eigenvalue weighted by molar-refractivity contribution is 1.62. The highest BCUT2D eigenvalue weighted by atomic mass is 14.0. The Morgan fingerprint density at radius 2 is 1.08 bits per heavy atom. The molecule has 0 atom stereocenters. The van der Waals surface area contributed by atoms with Crippen LogP contribution in [-0.4, -0.2) is 0 Å². The molecule has 0 bridgehead atoms. The standard InChI is InChI=1S/C24H16/c1-4-11-21(12-5-1)15-10-18-24(23-16-8-3-9-17-23)20-19-22-13-6-2-7-14-22/h1-9,11-14,16-18H. The van der Waals surface area contributed by atoms with E-state index in [1.807, 2.05) is 84.9 Å². The monoisotopic (exact) mass is 304 g/mol. The third-order valence-corrected chi connectivity index (χ3v) is 3.41. The Labute approximate surface area is 143 Å². The molecule has 0 radical (unpaired) electrons. The largest absolute Gasteiger partial charge is 0.0683 e. The Kier molecular flexibility index (Phi) is 5.29. The van der Waals surface area contributed by atoms with Gasteiger partial charge in [0.15, 0.2) is 0 Å². The van der Waals surface area contributed by atoms with Gasteiger partial charge in [0.1, 0.15) is 0 Å². The minimum absolute atomic E-state index is 0.919. The van der Waals surface area contributed by atoms with Gasteiger partial charge >= 0.3 is 0 Å². The predicted molar refractivity (Wildman–Crippen MR) is 101 cm³/mol. The van der Waals surface area contributed by atoms with Crippen LogP contribution in [0.2, 0.25) is 0 Å². The zero-order chi connectivity index (χ0) is 16.5. The summed E-state index contributed by atoms with van der Waals surface area (Å²) in [6, 6.07) is 30.1. The van der Waals surface area contributed by atoms with Crippen LogP contribution in [0.15, 0.2) is 97.1 Å². The summed E-state index contributed by atoms with van der Waals surface area (Å²) in [6.07, 6.45) is 1.89. The highest BCUT2D eigenvalue weighted by Crippen LogP contribution is 2.13. The highest BCUT2D eigenvalue weighted by Gasteiger charge is 1.96. The van der Waals surface area contributed by atoms with Gasteiger partial charge in [-0.3, -0.25) is 0 Å². The molecule has 0 unspecified atom stereocenters. The minimum Gasteiger partial charge on any atom is -0.0683 e. The Balaban J connectivity index is 1.93.